The first-order valence-electron chi connectivity index (χ1n) is 14.7. The van der Waals surface area contributed by atoms with Crippen LogP contribution in [-0.4, -0.2) is 70.0 Å². The zero-order valence-corrected chi connectivity index (χ0v) is 24.5. The van der Waals surface area contributed by atoms with E-state index >= 15 is 0 Å². The SMILES string of the molecule is O=C(CN1Cc2ccc(-c3nc(NC4CCOCC4)ncc3Cl)cc2C1=O)N[C@H](CO)c1cccc(C2CCCC2=O)c1. The molecule has 1 aliphatic carbocycles. The highest BCUT2D eigenvalue weighted by atomic mass is 35.5. The molecule has 2 atom stereocenters. The fourth-order valence-electron chi connectivity index (χ4n) is 6.11. The van der Waals surface area contributed by atoms with Crippen molar-refractivity contribution in [3.05, 3.63) is 75.9 Å². The molecule has 2 aromatic carbocycles. The van der Waals surface area contributed by atoms with Crippen molar-refractivity contribution in [3.63, 3.8) is 0 Å². The van der Waals surface area contributed by atoms with E-state index in [1.165, 1.54) is 4.90 Å². The molecular weight excluding hydrogens is 570 g/mol. The van der Waals surface area contributed by atoms with Crippen LogP contribution < -0.4 is 10.6 Å². The molecule has 10 nitrogen and oxygen atoms in total. The van der Waals surface area contributed by atoms with Crippen LogP contribution in [0.15, 0.2) is 48.7 Å². The number of ketones is 1. The minimum atomic E-state index is -0.653. The third-order valence-corrected chi connectivity index (χ3v) is 8.71. The fraction of sp³-hybridized carbons (Fsp3) is 0.406. The number of aliphatic hydroxyl groups excluding tert-OH is 1. The Morgan fingerprint density at radius 3 is 2.74 bits per heavy atom. The lowest BCUT2D eigenvalue weighted by Gasteiger charge is -2.23. The first-order chi connectivity index (χ1) is 20.9. The summed E-state index contributed by atoms with van der Waals surface area (Å²) in [5.41, 5.74) is 4.13. The highest BCUT2D eigenvalue weighted by Gasteiger charge is 2.31. The zero-order valence-electron chi connectivity index (χ0n) is 23.7. The summed E-state index contributed by atoms with van der Waals surface area (Å²) in [5, 5.41) is 16.6. The first-order valence-corrected chi connectivity index (χ1v) is 15.1. The maximum Gasteiger partial charge on any atom is 0.254 e. The fourth-order valence-corrected chi connectivity index (χ4v) is 6.31. The number of ether oxygens (including phenoxy) is 1. The van der Waals surface area contributed by atoms with Gasteiger partial charge in [-0.3, -0.25) is 14.4 Å². The van der Waals surface area contributed by atoms with Gasteiger partial charge in [0.1, 0.15) is 12.3 Å². The molecule has 1 unspecified atom stereocenters. The van der Waals surface area contributed by atoms with E-state index in [9.17, 15) is 19.5 Å². The number of rotatable bonds is 9. The molecule has 3 aliphatic rings. The van der Waals surface area contributed by atoms with Gasteiger partial charge in [-0.15, -0.1) is 0 Å². The lowest BCUT2D eigenvalue weighted by atomic mass is 9.93. The van der Waals surface area contributed by atoms with Crippen molar-refractivity contribution >= 4 is 35.1 Å². The van der Waals surface area contributed by atoms with Crippen molar-refractivity contribution < 1.29 is 24.2 Å². The van der Waals surface area contributed by atoms with E-state index in [4.69, 9.17) is 16.3 Å². The second kappa shape index (κ2) is 12.8. The summed E-state index contributed by atoms with van der Waals surface area (Å²) in [6.45, 7) is 1.20. The molecule has 3 aromatic rings. The number of Topliss-reactive ketones (excluding diaryl/α,β-unsaturated/α-hetero) is 1. The predicted molar refractivity (Wildman–Crippen MR) is 161 cm³/mol. The number of carbonyl (C=O) groups excluding carboxylic acids is 3. The maximum absolute atomic E-state index is 13.4. The second-order valence-electron chi connectivity index (χ2n) is 11.3. The molecule has 43 heavy (non-hydrogen) atoms. The molecule has 3 heterocycles. The van der Waals surface area contributed by atoms with Crippen molar-refractivity contribution in [2.75, 3.05) is 31.7 Å². The Kier molecular flexibility index (Phi) is 8.69. The van der Waals surface area contributed by atoms with Gasteiger partial charge in [-0.05, 0) is 48.4 Å². The monoisotopic (exact) mass is 603 g/mol. The molecule has 2 aliphatic heterocycles. The number of carbonyl (C=O) groups is 3. The molecule has 2 amide bonds. The van der Waals surface area contributed by atoms with Crippen molar-refractivity contribution in [2.24, 2.45) is 0 Å². The van der Waals surface area contributed by atoms with Crippen molar-refractivity contribution in [3.8, 4) is 11.3 Å². The standard InChI is InChI=1S/C32H34ClN5O5/c33-26-15-34-32(35-23-9-11-43-12-10-23)37-30(26)21-7-8-22-16-38(31(42)25(22)14-21)17-29(41)36-27(18-39)20-4-1-3-19(13-20)24-5-2-6-28(24)40/h1,3-4,7-8,13-15,23-24,27,39H,2,5-6,9-12,16-18H2,(H,36,41)(H,34,35,37)/t24?,27-/m1/s1. The summed E-state index contributed by atoms with van der Waals surface area (Å²) in [6.07, 6.45) is 5.56. The minimum Gasteiger partial charge on any atom is -0.394 e. The Labute approximate surface area is 254 Å². The van der Waals surface area contributed by atoms with Gasteiger partial charge in [0, 0.05) is 49.3 Å². The number of nitrogens with zero attached hydrogens (tertiary/aromatic N) is 3. The quantitative estimate of drug-likeness (QED) is 0.334. The van der Waals surface area contributed by atoms with Crippen LogP contribution >= 0.6 is 11.6 Å². The number of hydrogen-bond acceptors (Lipinski definition) is 8. The topological polar surface area (TPSA) is 134 Å². The molecule has 0 radical (unpaired) electrons. The van der Waals surface area contributed by atoms with Gasteiger partial charge < -0.3 is 25.4 Å². The number of halogens is 1. The number of aromatic nitrogens is 2. The van der Waals surface area contributed by atoms with Gasteiger partial charge in [0.05, 0.1) is 29.6 Å². The van der Waals surface area contributed by atoms with Crippen molar-refractivity contribution in [1.29, 1.82) is 0 Å². The van der Waals surface area contributed by atoms with Crippen LogP contribution in [0.1, 0.15) is 71.1 Å². The van der Waals surface area contributed by atoms with E-state index in [0.717, 1.165) is 42.4 Å². The van der Waals surface area contributed by atoms with Gasteiger partial charge in [-0.2, -0.15) is 0 Å². The van der Waals surface area contributed by atoms with E-state index in [-0.39, 0.29) is 42.7 Å². The van der Waals surface area contributed by atoms with Crippen LogP contribution in [-0.2, 0) is 20.9 Å². The van der Waals surface area contributed by atoms with Gasteiger partial charge in [-0.25, -0.2) is 9.97 Å². The molecule has 6 rings (SSSR count). The normalized spacial score (nSPS) is 19.4. The number of anilines is 1. The van der Waals surface area contributed by atoms with E-state index in [0.29, 0.717) is 54.0 Å². The first kappa shape index (κ1) is 29.2. The number of aliphatic hydroxyl groups is 1. The van der Waals surface area contributed by atoms with Crippen LogP contribution in [0.2, 0.25) is 5.02 Å². The molecule has 0 spiro atoms. The molecule has 0 bridgehead atoms. The Morgan fingerprint density at radius 2 is 1.98 bits per heavy atom. The summed E-state index contributed by atoms with van der Waals surface area (Å²) in [6, 6.07) is 12.5. The van der Waals surface area contributed by atoms with Gasteiger partial charge in [-0.1, -0.05) is 48.0 Å². The summed E-state index contributed by atoms with van der Waals surface area (Å²) in [7, 11) is 0. The average molecular weight is 604 g/mol. The molecule has 224 valence electrons. The summed E-state index contributed by atoms with van der Waals surface area (Å²) >= 11 is 6.47. The molecule has 1 aromatic heterocycles. The Bertz CT molecular complexity index is 1540. The van der Waals surface area contributed by atoms with Crippen LogP contribution in [0, 0.1) is 0 Å². The summed E-state index contributed by atoms with van der Waals surface area (Å²) in [5.74, 6) is -0.0838. The predicted octanol–water partition coefficient (Wildman–Crippen LogP) is 4.03. The molecule has 1 saturated carbocycles. The van der Waals surface area contributed by atoms with Crippen molar-refractivity contribution in [1.82, 2.24) is 20.2 Å². The molecule has 1 saturated heterocycles. The second-order valence-corrected chi connectivity index (χ2v) is 11.7. The lowest BCUT2D eigenvalue weighted by molar-refractivity contribution is -0.123. The number of fused-ring (bicyclic) bond motifs is 1. The maximum atomic E-state index is 13.4. The Morgan fingerprint density at radius 1 is 1.14 bits per heavy atom. The van der Waals surface area contributed by atoms with Crippen molar-refractivity contribution in [2.45, 2.75) is 56.7 Å². The highest BCUT2D eigenvalue weighted by Crippen LogP contribution is 2.33. The average Bonchev–Trinajstić information content (AvgIpc) is 3.59. The van der Waals surface area contributed by atoms with Crippen LogP contribution in [0.25, 0.3) is 11.3 Å². The van der Waals surface area contributed by atoms with E-state index in [1.807, 2.05) is 36.4 Å². The van der Waals surface area contributed by atoms with Gasteiger partial charge in [0.25, 0.3) is 5.91 Å². The molecule has 11 heteroatoms. The molecular formula is C32H34ClN5O5. The summed E-state index contributed by atoms with van der Waals surface area (Å²) in [4.78, 5) is 49.1. The Hall–Kier alpha value is -3.86. The van der Waals surface area contributed by atoms with E-state index < -0.39 is 6.04 Å². The highest BCUT2D eigenvalue weighted by molar-refractivity contribution is 6.33. The van der Waals surface area contributed by atoms with Gasteiger partial charge >= 0.3 is 0 Å². The smallest absolute Gasteiger partial charge is 0.254 e. The number of hydrogen-bond donors (Lipinski definition) is 3. The minimum absolute atomic E-state index is 0.132. The zero-order chi connectivity index (χ0) is 29.9. The molecule has 2 fully saturated rings. The van der Waals surface area contributed by atoms with E-state index in [2.05, 4.69) is 20.6 Å². The van der Waals surface area contributed by atoms with Crippen LogP contribution in [0.4, 0.5) is 5.95 Å². The third kappa shape index (κ3) is 6.41. The van der Waals surface area contributed by atoms with Gasteiger partial charge in [0.15, 0.2) is 0 Å². The lowest BCUT2D eigenvalue weighted by Crippen LogP contribution is -2.40. The number of nitrogens with one attached hydrogen (secondary N) is 2. The summed E-state index contributed by atoms with van der Waals surface area (Å²) < 4.78 is 5.42. The number of amides is 2. The third-order valence-electron chi connectivity index (χ3n) is 8.43. The largest absolute Gasteiger partial charge is 0.394 e. The number of benzene rings is 2. The molecule has 3 N–H and O–H groups in total. The van der Waals surface area contributed by atoms with Gasteiger partial charge in [0.2, 0.25) is 11.9 Å². The van der Waals surface area contributed by atoms with Crippen LogP contribution in [0.5, 0.6) is 0 Å². The van der Waals surface area contributed by atoms with E-state index in [1.54, 1.807) is 12.3 Å². The van der Waals surface area contributed by atoms with Crippen LogP contribution in [0.3, 0.4) is 0 Å². The Balaban J connectivity index is 1.12.